The van der Waals surface area contributed by atoms with E-state index in [0.717, 1.165) is 16.7 Å². The minimum atomic E-state index is -0.987. The van der Waals surface area contributed by atoms with Gasteiger partial charge in [-0.05, 0) is 62.6 Å². The van der Waals surface area contributed by atoms with Gasteiger partial charge in [0.1, 0.15) is 30.3 Å². The smallest absolute Gasteiger partial charge is 0.408 e. The number of ether oxygens (including phenoxy) is 2. The Bertz CT molecular complexity index is 1390. The van der Waals surface area contributed by atoms with Gasteiger partial charge < -0.3 is 25.4 Å². The molecule has 3 atom stereocenters. The monoisotopic (exact) mass is 629 g/mol. The molecule has 3 rings (SSSR count). The maximum Gasteiger partial charge on any atom is 0.408 e. The van der Waals surface area contributed by atoms with Crippen LogP contribution in [0.1, 0.15) is 64.2 Å². The lowest BCUT2D eigenvalue weighted by molar-refractivity contribution is -0.149. The normalized spacial score (nSPS) is 13.2. The maximum absolute atomic E-state index is 13.8. The van der Waals surface area contributed by atoms with E-state index in [1.54, 1.807) is 20.8 Å². The third-order valence-corrected chi connectivity index (χ3v) is 7.02. The molecule has 0 saturated heterocycles. The van der Waals surface area contributed by atoms with Crippen LogP contribution in [-0.2, 0) is 43.3 Å². The Morgan fingerprint density at radius 3 is 1.70 bits per heavy atom. The minimum absolute atomic E-state index is 0.0373. The van der Waals surface area contributed by atoms with E-state index in [4.69, 9.17) is 9.47 Å². The van der Waals surface area contributed by atoms with Crippen LogP contribution in [0, 0.1) is 5.92 Å². The summed E-state index contributed by atoms with van der Waals surface area (Å²) in [7, 11) is 0. The van der Waals surface area contributed by atoms with E-state index >= 15 is 0 Å². The molecule has 3 aromatic rings. The zero-order chi connectivity index (χ0) is 33.5. The molecule has 3 amide bonds. The molecule has 0 aliphatic rings. The van der Waals surface area contributed by atoms with Crippen molar-refractivity contribution in [3.8, 4) is 0 Å². The lowest BCUT2D eigenvalue weighted by Gasteiger charge is -2.27. The number of rotatable bonds is 15. The number of benzene rings is 3. The summed E-state index contributed by atoms with van der Waals surface area (Å²) in [5.74, 6) is -1.58. The lowest BCUT2D eigenvalue weighted by Crippen LogP contribution is -2.56. The van der Waals surface area contributed by atoms with Gasteiger partial charge in [-0.25, -0.2) is 9.59 Å². The van der Waals surface area contributed by atoms with E-state index in [-0.39, 0.29) is 25.4 Å². The molecule has 246 valence electrons. The number of alkyl carbamates (subject to hydrolysis) is 1. The first kappa shape index (κ1) is 35.8. The summed E-state index contributed by atoms with van der Waals surface area (Å²) in [5.41, 5.74) is 1.91. The molecule has 0 radical (unpaired) electrons. The van der Waals surface area contributed by atoms with Gasteiger partial charge in [0.2, 0.25) is 11.8 Å². The fourth-order valence-electron chi connectivity index (χ4n) is 4.79. The summed E-state index contributed by atoms with van der Waals surface area (Å²) >= 11 is 0. The predicted molar refractivity (Wildman–Crippen MR) is 178 cm³/mol. The van der Waals surface area contributed by atoms with Crippen LogP contribution in [0.3, 0.4) is 0 Å². The van der Waals surface area contributed by atoms with Gasteiger partial charge >= 0.3 is 12.1 Å². The average molecular weight is 630 g/mol. The highest BCUT2D eigenvalue weighted by atomic mass is 16.6. The molecule has 0 aliphatic carbocycles. The van der Waals surface area contributed by atoms with Crippen LogP contribution in [0.2, 0.25) is 0 Å². The molecule has 9 heteroatoms. The highest BCUT2D eigenvalue weighted by Gasteiger charge is 2.31. The minimum Gasteiger partial charge on any atom is -0.459 e. The molecule has 3 N–H and O–H groups in total. The largest absolute Gasteiger partial charge is 0.459 e. The van der Waals surface area contributed by atoms with Gasteiger partial charge in [0.15, 0.2) is 0 Å². The van der Waals surface area contributed by atoms with Crippen molar-refractivity contribution in [2.24, 2.45) is 5.92 Å². The summed E-state index contributed by atoms with van der Waals surface area (Å²) in [6.07, 6.45) is 0.597. The van der Waals surface area contributed by atoms with Crippen molar-refractivity contribution in [1.82, 2.24) is 16.0 Å². The Labute approximate surface area is 272 Å². The average Bonchev–Trinajstić information content (AvgIpc) is 3.01. The van der Waals surface area contributed by atoms with E-state index < -0.39 is 47.6 Å². The maximum atomic E-state index is 13.8. The molecule has 3 aromatic carbocycles. The standard InChI is InChI=1S/C37H47N3O6/c1-26(2)23-31(38-33(41)30(40-36(44)46-37(3,4)5)22-21-27-15-9-6-10-16-27)34(42)39-32(24-28-17-11-7-12-18-28)35(43)45-25-29-19-13-8-14-20-29/h6-20,26,30-32H,21-25H2,1-5H3,(H,38,41)(H,39,42)(H,40,44)/t30-,31?,32+/m1/s1. The van der Waals surface area contributed by atoms with Crippen molar-refractivity contribution in [3.05, 3.63) is 108 Å². The Balaban J connectivity index is 1.77. The summed E-state index contributed by atoms with van der Waals surface area (Å²) in [5, 5.41) is 8.37. The third kappa shape index (κ3) is 13.1. The van der Waals surface area contributed by atoms with Crippen LogP contribution in [0.5, 0.6) is 0 Å². The van der Waals surface area contributed by atoms with E-state index in [1.165, 1.54) is 0 Å². The summed E-state index contributed by atoms with van der Waals surface area (Å²) in [6.45, 7) is 9.16. The van der Waals surface area contributed by atoms with E-state index in [2.05, 4.69) is 16.0 Å². The van der Waals surface area contributed by atoms with Crippen LogP contribution in [0.4, 0.5) is 4.79 Å². The number of hydrogen-bond acceptors (Lipinski definition) is 6. The number of aryl methyl sites for hydroxylation is 1. The summed E-state index contributed by atoms with van der Waals surface area (Å²) in [6, 6.07) is 25.3. The van der Waals surface area contributed by atoms with Crippen molar-refractivity contribution in [1.29, 1.82) is 0 Å². The molecular weight excluding hydrogens is 582 g/mol. The van der Waals surface area contributed by atoms with Crippen LogP contribution in [-0.4, -0.2) is 47.6 Å². The predicted octanol–water partition coefficient (Wildman–Crippen LogP) is 5.51. The first-order valence-electron chi connectivity index (χ1n) is 15.8. The van der Waals surface area contributed by atoms with Gasteiger partial charge in [0.05, 0.1) is 0 Å². The second kappa shape index (κ2) is 17.7. The molecule has 0 aromatic heterocycles. The molecule has 46 heavy (non-hydrogen) atoms. The highest BCUT2D eigenvalue weighted by molar-refractivity contribution is 5.93. The Morgan fingerprint density at radius 2 is 1.15 bits per heavy atom. The number of esters is 1. The van der Waals surface area contributed by atoms with Crippen LogP contribution in [0.15, 0.2) is 91.0 Å². The van der Waals surface area contributed by atoms with Crippen LogP contribution >= 0.6 is 0 Å². The van der Waals surface area contributed by atoms with Crippen LogP contribution in [0.25, 0.3) is 0 Å². The van der Waals surface area contributed by atoms with Crippen molar-refractivity contribution in [2.45, 2.75) is 90.6 Å². The number of amides is 3. The Kier molecular flexibility index (Phi) is 13.8. The molecule has 0 saturated carbocycles. The number of carbonyl (C=O) groups excluding carboxylic acids is 4. The SMILES string of the molecule is CC(C)CC(NC(=O)[C@@H](CCc1ccccc1)NC(=O)OC(C)(C)C)C(=O)N[C@@H](Cc1ccccc1)C(=O)OCc1ccccc1. The van der Waals surface area contributed by atoms with E-state index in [0.29, 0.717) is 12.8 Å². The van der Waals surface area contributed by atoms with Gasteiger partial charge in [-0.3, -0.25) is 9.59 Å². The quantitative estimate of drug-likeness (QED) is 0.191. The lowest BCUT2D eigenvalue weighted by atomic mass is 10.00. The van der Waals surface area contributed by atoms with Crippen molar-refractivity contribution >= 4 is 23.9 Å². The molecule has 0 spiro atoms. The first-order valence-corrected chi connectivity index (χ1v) is 15.8. The van der Waals surface area contributed by atoms with Crippen molar-refractivity contribution < 1.29 is 28.7 Å². The summed E-state index contributed by atoms with van der Waals surface area (Å²) in [4.78, 5) is 53.4. The molecule has 9 nitrogen and oxygen atoms in total. The zero-order valence-corrected chi connectivity index (χ0v) is 27.5. The fourth-order valence-corrected chi connectivity index (χ4v) is 4.79. The Morgan fingerprint density at radius 1 is 0.652 bits per heavy atom. The van der Waals surface area contributed by atoms with Crippen molar-refractivity contribution in [2.75, 3.05) is 0 Å². The van der Waals surface area contributed by atoms with Crippen LogP contribution < -0.4 is 16.0 Å². The topological polar surface area (TPSA) is 123 Å². The van der Waals surface area contributed by atoms with Gasteiger partial charge in [-0.15, -0.1) is 0 Å². The highest BCUT2D eigenvalue weighted by Crippen LogP contribution is 2.13. The number of carbonyl (C=O) groups is 4. The second-order valence-electron chi connectivity index (χ2n) is 12.8. The second-order valence-corrected chi connectivity index (χ2v) is 12.8. The van der Waals surface area contributed by atoms with Gasteiger partial charge in [0, 0.05) is 6.42 Å². The molecule has 0 bridgehead atoms. The zero-order valence-electron chi connectivity index (χ0n) is 27.5. The number of hydrogen-bond donors (Lipinski definition) is 3. The van der Waals surface area contributed by atoms with E-state index in [1.807, 2.05) is 105 Å². The molecular formula is C37H47N3O6. The summed E-state index contributed by atoms with van der Waals surface area (Å²) < 4.78 is 11.0. The molecule has 0 aliphatic heterocycles. The van der Waals surface area contributed by atoms with Gasteiger partial charge in [-0.1, -0.05) is 105 Å². The first-order chi connectivity index (χ1) is 21.9. The molecule has 0 fully saturated rings. The number of nitrogens with one attached hydrogen (secondary N) is 3. The fraction of sp³-hybridized carbons (Fsp3) is 0.405. The van der Waals surface area contributed by atoms with E-state index in [9.17, 15) is 19.2 Å². The van der Waals surface area contributed by atoms with Gasteiger partial charge in [-0.2, -0.15) is 0 Å². The Hall–Kier alpha value is -4.66. The van der Waals surface area contributed by atoms with Crippen molar-refractivity contribution in [3.63, 3.8) is 0 Å². The molecule has 0 heterocycles. The third-order valence-electron chi connectivity index (χ3n) is 7.02. The van der Waals surface area contributed by atoms with Gasteiger partial charge in [0.25, 0.3) is 0 Å². The molecule has 1 unspecified atom stereocenters.